The van der Waals surface area contributed by atoms with Gasteiger partial charge in [0.15, 0.2) is 5.82 Å². The number of likely N-dealkylation sites (tertiary alicyclic amines) is 2. The third kappa shape index (κ3) is 2.70. The van der Waals surface area contributed by atoms with E-state index in [2.05, 4.69) is 10.1 Å². The number of aromatic nitrogens is 3. The molecule has 0 aromatic carbocycles. The molecule has 9 rings (SSSR count). The van der Waals surface area contributed by atoms with E-state index in [-0.39, 0.29) is 35.2 Å². The number of nitrogens with zero attached hydrogens (tertiary/aromatic N) is 6. The largest absolute Gasteiger partial charge is 0.406 e. The third-order valence-electron chi connectivity index (χ3n) is 11.2. The van der Waals surface area contributed by atoms with Gasteiger partial charge in [0.05, 0.1) is 6.04 Å². The Morgan fingerprint density at radius 3 is 2.31 bits per heavy atom. The van der Waals surface area contributed by atoms with Crippen LogP contribution in [0.1, 0.15) is 75.6 Å². The SMILES string of the molecule is CN(C12CC(C3CN(C(=O)N4CC5(CC(n6cnc(C7CC7)n6)C5)C4)C3)(C1)C2)C1(C(F)(F)F)CC1. The fourth-order valence-electron chi connectivity index (χ4n) is 8.48. The van der Waals surface area contributed by atoms with Gasteiger partial charge in [-0.3, -0.25) is 4.90 Å². The van der Waals surface area contributed by atoms with Crippen molar-refractivity contribution < 1.29 is 18.0 Å². The smallest absolute Gasteiger partial charge is 0.324 e. The van der Waals surface area contributed by atoms with Crippen LogP contribution in [0, 0.1) is 16.7 Å². The molecule has 8 aliphatic rings. The summed E-state index contributed by atoms with van der Waals surface area (Å²) in [5.74, 6) is 2.03. The molecule has 1 aromatic heterocycles. The van der Waals surface area contributed by atoms with E-state index in [1.165, 1.54) is 12.8 Å². The summed E-state index contributed by atoms with van der Waals surface area (Å²) in [5.41, 5.74) is -1.37. The van der Waals surface area contributed by atoms with E-state index in [4.69, 9.17) is 0 Å². The molecule has 6 aliphatic carbocycles. The average molecular weight is 491 g/mol. The maximum absolute atomic E-state index is 13.6. The highest BCUT2D eigenvalue weighted by Crippen LogP contribution is 2.76. The van der Waals surface area contributed by atoms with E-state index in [1.54, 1.807) is 11.9 Å². The molecule has 8 fully saturated rings. The van der Waals surface area contributed by atoms with Crippen LogP contribution in [0.15, 0.2) is 6.33 Å². The minimum Gasteiger partial charge on any atom is -0.324 e. The molecule has 1 spiro atoms. The molecule has 0 radical (unpaired) electrons. The monoisotopic (exact) mass is 490 g/mol. The van der Waals surface area contributed by atoms with E-state index < -0.39 is 11.7 Å². The van der Waals surface area contributed by atoms with E-state index >= 15 is 0 Å². The van der Waals surface area contributed by atoms with Gasteiger partial charge in [-0.2, -0.15) is 18.3 Å². The van der Waals surface area contributed by atoms with Gasteiger partial charge in [0.25, 0.3) is 0 Å². The Kier molecular flexibility index (Phi) is 3.75. The summed E-state index contributed by atoms with van der Waals surface area (Å²) in [5, 5.41) is 4.67. The number of alkyl halides is 3. The molecule has 2 amide bonds. The minimum atomic E-state index is -4.13. The number of rotatable bonds is 5. The van der Waals surface area contributed by atoms with Crippen molar-refractivity contribution >= 4 is 6.03 Å². The van der Waals surface area contributed by atoms with Crippen molar-refractivity contribution in [3.05, 3.63) is 12.2 Å². The molecule has 2 bridgehead atoms. The number of halogens is 3. The van der Waals surface area contributed by atoms with Crippen molar-refractivity contribution in [1.29, 1.82) is 0 Å². The molecule has 35 heavy (non-hydrogen) atoms. The first-order chi connectivity index (χ1) is 16.6. The van der Waals surface area contributed by atoms with Gasteiger partial charge in [-0.05, 0) is 70.3 Å². The van der Waals surface area contributed by atoms with E-state index in [0.717, 1.165) is 64.1 Å². The summed E-state index contributed by atoms with van der Waals surface area (Å²) in [6.45, 7) is 3.23. The van der Waals surface area contributed by atoms with Crippen molar-refractivity contribution in [1.82, 2.24) is 29.5 Å². The van der Waals surface area contributed by atoms with Crippen LogP contribution in [0.2, 0.25) is 0 Å². The lowest BCUT2D eigenvalue weighted by atomic mass is 9.34. The first kappa shape index (κ1) is 21.3. The molecule has 2 aliphatic heterocycles. The number of hydrogen-bond acceptors (Lipinski definition) is 4. The van der Waals surface area contributed by atoms with Gasteiger partial charge >= 0.3 is 12.2 Å². The zero-order valence-corrected chi connectivity index (χ0v) is 20.2. The van der Waals surface area contributed by atoms with Crippen LogP contribution in [0.3, 0.4) is 0 Å². The fraction of sp³-hybridized carbons (Fsp3) is 0.880. The Bertz CT molecular complexity index is 1070. The van der Waals surface area contributed by atoms with E-state index in [1.807, 2.05) is 20.8 Å². The van der Waals surface area contributed by atoms with Gasteiger partial charge in [0.2, 0.25) is 0 Å². The zero-order valence-electron chi connectivity index (χ0n) is 20.2. The maximum Gasteiger partial charge on any atom is 0.406 e. The van der Waals surface area contributed by atoms with Crippen LogP contribution < -0.4 is 0 Å². The second-order valence-corrected chi connectivity index (χ2v) is 13.4. The van der Waals surface area contributed by atoms with Crippen LogP contribution in [0.5, 0.6) is 0 Å². The standard InChI is InChI=1S/C25H33F3N6O/c1-31(24(4-5-24)25(26,27)28)23-10-22(11-23,12-23)17-8-32(9-17)20(35)33-13-21(14-33)6-18(7-21)34-15-29-19(30-34)16-2-3-16/h15-18H,2-14H2,1H3. The lowest BCUT2D eigenvalue weighted by Crippen LogP contribution is -2.81. The molecule has 10 heteroatoms. The van der Waals surface area contributed by atoms with Gasteiger partial charge in [0.1, 0.15) is 11.9 Å². The topological polar surface area (TPSA) is 57.5 Å². The predicted molar refractivity (Wildman–Crippen MR) is 120 cm³/mol. The number of amides is 2. The Balaban J connectivity index is 0.803. The number of urea groups is 1. The minimum absolute atomic E-state index is 0.152. The highest BCUT2D eigenvalue weighted by molar-refractivity contribution is 5.76. The van der Waals surface area contributed by atoms with Crippen molar-refractivity contribution in [3.63, 3.8) is 0 Å². The molecule has 6 saturated carbocycles. The van der Waals surface area contributed by atoms with Crippen LogP contribution >= 0.6 is 0 Å². The van der Waals surface area contributed by atoms with Crippen LogP contribution in [0.4, 0.5) is 18.0 Å². The fourth-order valence-corrected chi connectivity index (χ4v) is 8.48. The van der Waals surface area contributed by atoms with Crippen LogP contribution in [0.25, 0.3) is 0 Å². The summed E-state index contributed by atoms with van der Waals surface area (Å²) in [4.78, 5) is 23.1. The first-order valence-electron chi connectivity index (χ1n) is 13.3. The molecule has 7 nitrogen and oxygen atoms in total. The van der Waals surface area contributed by atoms with Gasteiger partial charge in [-0.25, -0.2) is 14.5 Å². The van der Waals surface area contributed by atoms with Crippen molar-refractivity contribution in [3.8, 4) is 0 Å². The molecular formula is C25H33F3N6O. The number of carbonyl (C=O) groups is 1. The van der Waals surface area contributed by atoms with Crippen LogP contribution in [-0.2, 0) is 0 Å². The summed E-state index contributed by atoms with van der Waals surface area (Å²) >= 11 is 0. The molecule has 3 heterocycles. The maximum atomic E-state index is 13.6. The second-order valence-electron chi connectivity index (χ2n) is 13.4. The van der Waals surface area contributed by atoms with E-state index in [9.17, 15) is 18.0 Å². The number of carbonyl (C=O) groups excluding carboxylic acids is 1. The molecular weight excluding hydrogens is 457 g/mol. The number of hydrogen-bond donors (Lipinski definition) is 0. The highest BCUT2D eigenvalue weighted by Gasteiger charge is 2.79. The molecule has 0 unspecified atom stereocenters. The molecule has 1 aromatic rings. The second kappa shape index (κ2) is 6.17. The summed E-state index contributed by atoms with van der Waals surface area (Å²) in [6.07, 6.45) is 5.44. The van der Waals surface area contributed by atoms with Gasteiger partial charge in [0, 0.05) is 49.0 Å². The Hall–Kier alpha value is -1.84. The average Bonchev–Trinajstić information content (AvgIpc) is 3.56. The van der Waals surface area contributed by atoms with Gasteiger partial charge in [-0.15, -0.1) is 0 Å². The van der Waals surface area contributed by atoms with Crippen molar-refractivity contribution in [2.75, 3.05) is 33.2 Å². The van der Waals surface area contributed by atoms with Gasteiger partial charge in [-0.1, -0.05) is 0 Å². The van der Waals surface area contributed by atoms with Crippen molar-refractivity contribution in [2.24, 2.45) is 16.7 Å². The molecule has 190 valence electrons. The lowest BCUT2D eigenvalue weighted by Gasteiger charge is -2.78. The third-order valence-corrected chi connectivity index (χ3v) is 11.2. The predicted octanol–water partition coefficient (Wildman–Crippen LogP) is 3.79. The molecule has 0 atom stereocenters. The summed E-state index contributed by atoms with van der Waals surface area (Å²) < 4.78 is 42.7. The van der Waals surface area contributed by atoms with Crippen molar-refractivity contribution in [2.45, 2.75) is 87.0 Å². The molecule has 0 N–H and O–H groups in total. The quantitative estimate of drug-likeness (QED) is 0.630. The first-order valence-corrected chi connectivity index (χ1v) is 13.3. The lowest BCUT2D eigenvalue weighted by molar-refractivity contribution is -0.300. The Labute approximate surface area is 203 Å². The highest BCUT2D eigenvalue weighted by atomic mass is 19.4. The Morgan fingerprint density at radius 2 is 1.74 bits per heavy atom. The normalized spacial score (nSPS) is 36.8. The van der Waals surface area contributed by atoms with E-state index in [0.29, 0.717) is 17.9 Å². The summed E-state index contributed by atoms with van der Waals surface area (Å²) in [7, 11) is 1.69. The summed E-state index contributed by atoms with van der Waals surface area (Å²) in [6, 6.07) is 0.571. The van der Waals surface area contributed by atoms with Gasteiger partial charge < -0.3 is 9.80 Å². The molecule has 2 saturated heterocycles. The Morgan fingerprint density at radius 1 is 1.09 bits per heavy atom. The van der Waals surface area contributed by atoms with Crippen LogP contribution in [-0.4, -0.2) is 86.0 Å². The zero-order chi connectivity index (χ0) is 24.0.